The van der Waals surface area contributed by atoms with E-state index in [1.807, 2.05) is 0 Å². The molecule has 1 aromatic rings. The fraction of sp³-hybridized carbons (Fsp3) is 0.333. The zero-order valence-electron chi connectivity index (χ0n) is 7.19. The smallest absolute Gasteiger partial charge is 0.137 e. The van der Waals surface area contributed by atoms with E-state index in [1.54, 1.807) is 0 Å². The first kappa shape index (κ1) is 11.6. The summed E-state index contributed by atoms with van der Waals surface area (Å²) < 4.78 is 13.0. The van der Waals surface area contributed by atoms with Crippen molar-refractivity contribution < 1.29 is 19.7 Å². The van der Waals surface area contributed by atoms with Crippen LogP contribution in [0.4, 0.5) is 4.39 Å². The molecule has 1 rings (SSSR count). The monoisotopic (exact) mass is 264 g/mol. The molecule has 0 heterocycles. The largest absolute Gasteiger partial charge is 0.394 e. The Labute approximate surface area is 88.9 Å². The Morgan fingerprint density at radius 2 is 2.00 bits per heavy atom. The molecule has 78 valence electrons. The summed E-state index contributed by atoms with van der Waals surface area (Å²) in [4.78, 5) is 0. The van der Waals surface area contributed by atoms with E-state index in [-0.39, 0.29) is 4.47 Å². The van der Waals surface area contributed by atoms with Gasteiger partial charge < -0.3 is 15.3 Å². The predicted molar refractivity (Wildman–Crippen MR) is 52.2 cm³/mol. The van der Waals surface area contributed by atoms with Gasteiger partial charge in [0, 0.05) is 0 Å². The van der Waals surface area contributed by atoms with Crippen LogP contribution in [0.1, 0.15) is 11.7 Å². The molecule has 3 N–H and O–H groups in total. The van der Waals surface area contributed by atoms with E-state index >= 15 is 0 Å². The molecule has 2 atom stereocenters. The zero-order valence-corrected chi connectivity index (χ0v) is 8.78. The molecule has 0 aromatic heterocycles. The van der Waals surface area contributed by atoms with Crippen molar-refractivity contribution in [2.75, 3.05) is 6.61 Å². The summed E-state index contributed by atoms with van der Waals surface area (Å²) in [6.45, 7) is -0.545. The van der Waals surface area contributed by atoms with Crippen LogP contribution in [0.2, 0.25) is 0 Å². The molecule has 0 radical (unpaired) electrons. The van der Waals surface area contributed by atoms with Gasteiger partial charge in [-0.3, -0.25) is 0 Å². The molecular formula is C9H10BrFO3. The predicted octanol–water partition coefficient (Wildman–Crippen LogP) is 0.975. The summed E-state index contributed by atoms with van der Waals surface area (Å²) in [6.07, 6.45) is -2.47. The highest BCUT2D eigenvalue weighted by Crippen LogP contribution is 2.23. The highest BCUT2D eigenvalue weighted by atomic mass is 79.9. The van der Waals surface area contributed by atoms with Crippen molar-refractivity contribution in [1.82, 2.24) is 0 Å². The SMILES string of the molecule is OCC(O)C(O)c1ccc(F)c(Br)c1. The Morgan fingerprint density at radius 1 is 1.36 bits per heavy atom. The average Bonchev–Trinajstić information content (AvgIpc) is 2.20. The van der Waals surface area contributed by atoms with E-state index in [4.69, 9.17) is 10.2 Å². The van der Waals surface area contributed by atoms with Gasteiger partial charge in [-0.2, -0.15) is 0 Å². The molecule has 0 spiro atoms. The van der Waals surface area contributed by atoms with Gasteiger partial charge in [0.25, 0.3) is 0 Å². The van der Waals surface area contributed by atoms with E-state index < -0.39 is 24.6 Å². The second-order valence-electron chi connectivity index (χ2n) is 2.87. The van der Waals surface area contributed by atoms with Crippen LogP contribution in [0.25, 0.3) is 0 Å². The maximum atomic E-state index is 12.8. The molecule has 0 bridgehead atoms. The third kappa shape index (κ3) is 2.51. The standard InChI is InChI=1S/C9H10BrFO3/c10-6-3-5(1-2-7(6)11)9(14)8(13)4-12/h1-3,8-9,12-14H,4H2. The lowest BCUT2D eigenvalue weighted by molar-refractivity contribution is -0.0153. The van der Waals surface area contributed by atoms with Crippen LogP contribution in [0.3, 0.4) is 0 Å². The fourth-order valence-electron chi connectivity index (χ4n) is 1.02. The molecule has 5 heteroatoms. The quantitative estimate of drug-likeness (QED) is 0.763. The van der Waals surface area contributed by atoms with Gasteiger partial charge in [0.15, 0.2) is 0 Å². The third-order valence-electron chi connectivity index (χ3n) is 1.84. The van der Waals surface area contributed by atoms with Crippen molar-refractivity contribution in [1.29, 1.82) is 0 Å². The number of hydrogen-bond acceptors (Lipinski definition) is 3. The van der Waals surface area contributed by atoms with Crippen molar-refractivity contribution in [2.24, 2.45) is 0 Å². The van der Waals surface area contributed by atoms with E-state index in [0.717, 1.165) is 0 Å². The van der Waals surface area contributed by atoms with Crippen LogP contribution in [0.5, 0.6) is 0 Å². The second-order valence-corrected chi connectivity index (χ2v) is 3.72. The Balaban J connectivity index is 2.91. The van der Waals surface area contributed by atoms with Crippen molar-refractivity contribution in [3.63, 3.8) is 0 Å². The molecule has 0 aliphatic carbocycles. The normalized spacial score (nSPS) is 15.2. The lowest BCUT2D eigenvalue weighted by Gasteiger charge is -2.15. The van der Waals surface area contributed by atoms with E-state index in [0.29, 0.717) is 5.56 Å². The molecule has 0 saturated heterocycles. The molecule has 0 aliphatic heterocycles. The Kier molecular flexibility index (Phi) is 4.00. The summed E-state index contributed by atoms with van der Waals surface area (Å²) >= 11 is 2.96. The van der Waals surface area contributed by atoms with Crippen molar-refractivity contribution in [3.8, 4) is 0 Å². The van der Waals surface area contributed by atoms with Gasteiger partial charge in [0.05, 0.1) is 11.1 Å². The molecule has 0 saturated carbocycles. The molecule has 2 unspecified atom stereocenters. The molecule has 14 heavy (non-hydrogen) atoms. The van der Waals surface area contributed by atoms with Gasteiger partial charge in [0.2, 0.25) is 0 Å². The lowest BCUT2D eigenvalue weighted by atomic mass is 10.1. The summed E-state index contributed by atoms with van der Waals surface area (Å²) in [5.41, 5.74) is 0.347. The van der Waals surface area contributed by atoms with Crippen LogP contribution in [0.15, 0.2) is 22.7 Å². The minimum atomic E-state index is -1.26. The number of aliphatic hydroxyl groups is 3. The van der Waals surface area contributed by atoms with Gasteiger partial charge in [0.1, 0.15) is 18.0 Å². The van der Waals surface area contributed by atoms with Crippen LogP contribution >= 0.6 is 15.9 Å². The van der Waals surface area contributed by atoms with E-state index in [9.17, 15) is 9.50 Å². The average molecular weight is 265 g/mol. The van der Waals surface area contributed by atoms with Gasteiger partial charge >= 0.3 is 0 Å². The molecule has 1 aromatic carbocycles. The van der Waals surface area contributed by atoms with Crippen molar-refractivity contribution in [3.05, 3.63) is 34.1 Å². The third-order valence-corrected chi connectivity index (χ3v) is 2.44. The number of rotatable bonds is 3. The van der Waals surface area contributed by atoms with Gasteiger partial charge in [-0.1, -0.05) is 6.07 Å². The highest BCUT2D eigenvalue weighted by molar-refractivity contribution is 9.10. The molecule has 0 amide bonds. The summed E-state index contributed by atoms with van der Waals surface area (Å²) in [5, 5.41) is 27.2. The van der Waals surface area contributed by atoms with Crippen molar-refractivity contribution in [2.45, 2.75) is 12.2 Å². The molecule has 0 fully saturated rings. The number of aliphatic hydroxyl groups excluding tert-OH is 3. The number of hydrogen-bond donors (Lipinski definition) is 3. The first-order chi connectivity index (χ1) is 6.56. The second kappa shape index (κ2) is 4.84. The molecular weight excluding hydrogens is 255 g/mol. The van der Waals surface area contributed by atoms with E-state index in [2.05, 4.69) is 15.9 Å². The van der Waals surface area contributed by atoms with Crippen molar-refractivity contribution >= 4 is 15.9 Å². The minimum absolute atomic E-state index is 0.208. The topological polar surface area (TPSA) is 60.7 Å². The Hall–Kier alpha value is -0.490. The minimum Gasteiger partial charge on any atom is -0.394 e. The lowest BCUT2D eigenvalue weighted by Crippen LogP contribution is -2.22. The first-order valence-electron chi connectivity index (χ1n) is 3.98. The maximum absolute atomic E-state index is 12.8. The molecule has 0 aliphatic rings. The van der Waals surface area contributed by atoms with Crippen LogP contribution < -0.4 is 0 Å². The van der Waals surface area contributed by atoms with E-state index in [1.165, 1.54) is 18.2 Å². The maximum Gasteiger partial charge on any atom is 0.137 e. The number of halogens is 2. The van der Waals surface area contributed by atoms with Crippen LogP contribution in [0, 0.1) is 5.82 Å². The number of benzene rings is 1. The van der Waals surface area contributed by atoms with Gasteiger partial charge in [-0.25, -0.2) is 4.39 Å². The summed E-state index contributed by atoms with van der Waals surface area (Å²) in [6, 6.07) is 3.88. The first-order valence-corrected chi connectivity index (χ1v) is 4.77. The summed E-state index contributed by atoms with van der Waals surface area (Å²) in [7, 11) is 0. The Morgan fingerprint density at radius 3 is 2.50 bits per heavy atom. The van der Waals surface area contributed by atoms with Gasteiger partial charge in [-0.15, -0.1) is 0 Å². The summed E-state index contributed by atoms with van der Waals surface area (Å²) in [5.74, 6) is -0.445. The van der Waals surface area contributed by atoms with Gasteiger partial charge in [-0.05, 0) is 33.6 Å². The molecule has 3 nitrogen and oxygen atoms in total. The van der Waals surface area contributed by atoms with Crippen LogP contribution in [-0.2, 0) is 0 Å². The fourth-order valence-corrected chi connectivity index (χ4v) is 1.41. The van der Waals surface area contributed by atoms with Crippen LogP contribution in [-0.4, -0.2) is 28.0 Å². The Bertz CT molecular complexity index is 319. The zero-order chi connectivity index (χ0) is 10.7. The highest BCUT2D eigenvalue weighted by Gasteiger charge is 2.17.